The van der Waals surface area contributed by atoms with Gasteiger partial charge in [-0.05, 0) is 79.4 Å². The molecule has 142 valence electrons. The van der Waals surface area contributed by atoms with Gasteiger partial charge in [0.15, 0.2) is 0 Å². The first-order valence-electron chi connectivity index (χ1n) is 10.3. The van der Waals surface area contributed by atoms with E-state index in [0.717, 1.165) is 44.9 Å². The van der Waals surface area contributed by atoms with Crippen LogP contribution in [-0.4, -0.2) is 39.9 Å². The van der Waals surface area contributed by atoms with Crippen molar-refractivity contribution in [1.29, 1.82) is 0 Å². The largest absolute Gasteiger partial charge is 0.394 e. The molecule has 0 aliphatic heterocycles. The molecule has 4 saturated carbocycles. The SMILES string of the molecule is C[C@]12CC[C@@H](O)C[C@H]1CC[C@H]1[C@@H]3CC[C@H](C(O)CO)[C@@]3(C)CC(=O)[C@@H]12. The lowest BCUT2D eigenvalue weighted by Crippen LogP contribution is -2.58. The minimum absolute atomic E-state index is 0.0473. The normalized spacial score (nSPS) is 53.7. The number of carbonyl (C=O) groups excluding carboxylic acids is 1. The number of rotatable bonds is 2. The Bertz CT molecular complexity index is 548. The van der Waals surface area contributed by atoms with Gasteiger partial charge in [-0.2, -0.15) is 0 Å². The summed E-state index contributed by atoms with van der Waals surface area (Å²) < 4.78 is 0. The van der Waals surface area contributed by atoms with Gasteiger partial charge in [-0.15, -0.1) is 0 Å². The van der Waals surface area contributed by atoms with E-state index in [1.165, 1.54) is 0 Å². The summed E-state index contributed by atoms with van der Waals surface area (Å²) in [7, 11) is 0. The highest BCUT2D eigenvalue weighted by Gasteiger charge is 2.63. The Morgan fingerprint density at radius 2 is 1.88 bits per heavy atom. The van der Waals surface area contributed by atoms with Gasteiger partial charge in [-0.3, -0.25) is 4.79 Å². The van der Waals surface area contributed by atoms with Crippen LogP contribution in [0.1, 0.15) is 65.2 Å². The first-order valence-corrected chi connectivity index (χ1v) is 10.3. The van der Waals surface area contributed by atoms with E-state index >= 15 is 0 Å². The minimum atomic E-state index is -0.698. The van der Waals surface area contributed by atoms with Gasteiger partial charge in [0.2, 0.25) is 0 Å². The minimum Gasteiger partial charge on any atom is -0.394 e. The Kier molecular flexibility index (Phi) is 4.33. The summed E-state index contributed by atoms with van der Waals surface area (Å²) in [4.78, 5) is 13.4. The number of hydrogen-bond acceptors (Lipinski definition) is 4. The van der Waals surface area contributed by atoms with Crippen LogP contribution in [0.2, 0.25) is 0 Å². The molecule has 0 bridgehead atoms. The van der Waals surface area contributed by atoms with Gasteiger partial charge in [0.1, 0.15) is 5.78 Å². The Balaban J connectivity index is 1.65. The van der Waals surface area contributed by atoms with Crippen LogP contribution in [0.5, 0.6) is 0 Å². The second-order valence-electron chi connectivity index (χ2n) is 10.0. The molecule has 4 aliphatic carbocycles. The lowest BCUT2D eigenvalue weighted by atomic mass is 9.44. The Hall–Kier alpha value is -0.450. The van der Waals surface area contributed by atoms with Gasteiger partial charge in [-0.25, -0.2) is 0 Å². The third-order valence-electron chi connectivity index (χ3n) is 9.05. The summed E-state index contributed by atoms with van der Waals surface area (Å²) in [5, 5.41) is 29.9. The van der Waals surface area contributed by atoms with Crippen LogP contribution in [0.3, 0.4) is 0 Å². The van der Waals surface area contributed by atoms with Crippen molar-refractivity contribution in [2.24, 2.45) is 40.4 Å². The smallest absolute Gasteiger partial charge is 0.137 e. The number of aliphatic hydroxyl groups is 3. The highest BCUT2D eigenvalue weighted by atomic mass is 16.3. The molecular weight excluding hydrogens is 316 g/mol. The average Bonchev–Trinajstić information content (AvgIpc) is 2.91. The summed E-state index contributed by atoms with van der Waals surface area (Å²) >= 11 is 0. The third kappa shape index (κ3) is 2.47. The molecule has 0 saturated heterocycles. The summed E-state index contributed by atoms with van der Waals surface area (Å²) in [5.74, 6) is 1.98. The second-order valence-corrected chi connectivity index (χ2v) is 10.0. The Morgan fingerprint density at radius 3 is 2.60 bits per heavy atom. The van der Waals surface area contributed by atoms with Gasteiger partial charge in [0.05, 0.1) is 18.8 Å². The number of hydrogen-bond donors (Lipinski definition) is 3. The zero-order chi connectivity index (χ0) is 18.0. The third-order valence-corrected chi connectivity index (χ3v) is 9.05. The van der Waals surface area contributed by atoms with Crippen molar-refractivity contribution >= 4 is 5.78 Å². The molecule has 0 spiro atoms. The first-order chi connectivity index (χ1) is 11.8. The number of aliphatic hydroxyl groups excluding tert-OH is 3. The molecule has 0 aromatic carbocycles. The zero-order valence-electron chi connectivity index (χ0n) is 15.7. The van der Waals surface area contributed by atoms with Crippen molar-refractivity contribution in [3.8, 4) is 0 Å². The number of carbonyl (C=O) groups is 1. The van der Waals surface area contributed by atoms with Crippen LogP contribution >= 0.6 is 0 Å². The fraction of sp³-hybridized carbons (Fsp3) is 0.952. The maximum Gasteiger partial charge on any atom is 0.137 e. The molecule has 4 aliphatic rings. The van der Waals surface area contributed by atoms with E-state index in [-0.39, 0.29) is 35.4 Å². The molecule has 4 nitrogen and oxygen atoms in total. The van der Waals surface area contributed by atoms with Crippen molar-refractivity contribution in [3.63, 3.8) is 0 Å². The molecule has 0 radical (unpaired) electrons. The molecule has 4 rings (SSSR count). The fourth-order valence-electron chi connectivity index (χ4n) is 7.85. The quantitative estimate of drug-likeness (QED) is 0.715. The van der Waals surface area contributed by atoms with Crippen molar-refractivity contribution in [2.75, 3.05) is 6.61 Å². The van der Waals surface area contributed by atoms with Crippen molar-refractivity contribution in [2.45, 2.75) is 77.4 Å². The maximum atomic E-state index is 13.4. The number of ketones is 1. The van der Waals surface area contributed by atoms with Crippen LogP contribution in [0, 0.1) is 40.4 Å². The molecule has 25 heavy (non-hydrogen) atoms. The summed E-state index contributed by atoms with van der Waals surface area (Å²) in [6.45, 7) is 4.31. The molecule has 0 amide bonds. The number of fused-ring (bicyclic) bond motifs is 5. The molecular formula is C21H34O4. The van der Waals surface area contributed by atoms with Gasteiger partial charge in [0, 0.05) is 12.3 Å². The summed E-state index contributed by atoms with van der Waals surface area (Å²) in [6.07, 6.45) is 6.56. The van der Waals surface area contributed by atoms with Gasteiger partial charge < -0.3 is 15.3 Å². The van der Waals surface area contributed by atoms with Crippen LogP contribution < -0.4 is 0 Å². The maximum absolute atomic E-state index is 13.4. The Labute approximate surface area is 151 Å². The van der Waals surface area contributed by atoms with E-state index in [2.05, 4.69) is 13.8 Å². The zero-order valence-corrected chi connectivity index (χ0v) is 15.7. The first kappa shape index (κ1) is 17.9. The van der Waals surface area contributed by atoms with Crippen LogP contribution in [0.25, 0.3) is 0 Å². The van der Waals surface area contributed by atoms with E-state index in [9.17, 15) is 20.1 Å². The van der Waals surface area contributed by atoms with E-state index in [1.54, 1.807) is 0 Å². The number of Topliss-reactive ketones (excluding diaryl/α,β-unsaturated/α-hetero) is 1. The highest BCUT2D eigenvalue weighted by Crippen LogP contribution is 2.66. The van der Waals surface area contributed by atoms with Crippen LogP contribution in [0.4, 0.5) is 0 Å². The summed E-state index contributed by atoms with van der Waals surface area (Å²) in [5.41, 5.74) is -0.105. The van der Waals surface area contributed by atoms with E-state index in [4.69, 9.17) is 0 Å². The topological polar surface area (TPSA) is 77.8 Å². The van der Waals surface area contributed by atoms with Crippen LogP contribution in [-0.2, 0) is 4.79 Å². The molecule has 0 aromatic heterocycles. The molecule has 1 unspecified atom stereocenters. The van der Waals surface area contributed by atoms with Gasteiger partial charge in [0.25, 0.3) is 0 Å². The molecule has 0 aromatic rings. The second kappa shape index (κ2) is 6.03. The summed E-state index contributed by atoms with van der Waals surface area (Å²) in [6, 6.07) is 0. The van der Waals surface area contributed by atoms with Gasteiger partial charge >= 0.3 is 0 Å². The van der Waals surface area contributed by atoms with E-state index in [0.29, 0.717) is 30.0 Å². The molecule has 4 heteroatoms. The molecule has 0 heterocycles. The predicted octanol–water partition coefficient (Wildman–Crippen LogP) is 2.54. The molecule has 4 fully saturated rings. The van der Waals surface area contributed by atoms with Crippen molar-refractivity contribution < 1.29 is 20.1 Å². The molecule has 3 N–H and O–H groups in total. The van der Waals surface area contributed by atoms with Crippen molar-refractivity contribution in [3.05, 3.63) is 0 Å². The standard InChI is InChI=1S/C21H34O4/c1-20-8-7-13(23)9-12(20)3-4-14-15-5-6-16(18(25)11-22)21(15,2)10-17(24)19(14)20/h12-16,18-19,22-23,25H,3-11H2,1-2H3/t12-,13-,14+,15+,16-,18?,19-,20+,21+/m1/s1. The van der Waals surface area contributed by atoms with E-state index in [1.807, 2.05) is 0 Å². The van der Waals surface area contributed by atoms with E-state index < -0.39 is 6.10 Å². The predicted molar refractivity (Wildman–Crippen MR) is 94.7 cm³/mol. The Morgan fingerprint density at radius 1 is 1.12 bits per heavy atom. The van der Waals surface area contributed by atoms with Gasteiger partial charge in [-0.1, -0.05) is 13.8 Å². The average molecular weight is 350 g/mol. The van der Waals surface area contributed by atoms with Crippen molar-refractivity contribution in [1.82, 2.24) is 0 Å². The lowest BCUT2D eigenvalue weighted by molar-refractivity contribution is -0.164. The van der Waals surface area contributed by atoms with Crippen LogP contribution in [0.15, 0.2) is 0 Å². The fourth-order valence-corrected chi connectivity index (χ4v) is 7.85. The lowest BCUT2D eigenvalue weighted by Gasteiger charge is -2.60. The monoisotopic (exact) mass is 350 g/mol. The highest BCUT2D eigenvalue weighted by molar-refractivity contribution is 5.84. The molecule has 9 atom stereocenters.